The molecule has 104 valence electrons. The highest BCUT2D eigenvalue weighted by molar-refractivity contribution is 6.19. The average Bonchev–Trinajstić information content (AvgIpc) is 2.49. The molecule has 0 saturated heterocycles. The third kappa shape index (κ3) is 4.02. The monoisotopic (exact) mass is 266 g/mol. The van der Waals surface area contributed by atoms with E-state index in [-0.39, 0.29) is 0 Å². The third-order valence-corrected chi connectivity index (χ3v) is 3.68. The molecule has 0 aliphatic heterocycles. The zero-order valence-electron chi connectivity index (χ0n) is 12.5. The van der Waals surface area contributed by atoms with E-state index in [4.69, 9.17) is 4.99 Å². The maximum atomic E-state index is 4.74. The maximum Gasteiger partial charge on any atom is 0.0638 e. The van der Waals surface area contributed by atoms with Crippen molar-refractivity contribution in [2.75, 3.05) is 0 Å². The first-order valence-electron chi connectivity index (χ1n) is 7.26. The summed E-state index contributed by atoms with van der Waals surface area (Å²) in [7, 11) is 0. The molecule has 0 spiro atoms. The van der Waals surface area contributed by atoms with E-state index < -0.39 is 0 Å². The van der Waals surface area contributed by atoms with E-state index in [1.54, 1.807) is 0 Å². The van der Waals surface area contributed by atoms with Gasteiger partial charge in [0.15, 0.2) is 0 Å². The van der Waals surface area contributed by atoms with Crippen molar-refractivity contribution < 1.29 is 0 Å². The van der Waals surface area contributed by atoms with Gasteiger partial charge in [-0.1, -0.05) is 38.5 Å². The predicted molar refractivity (Wildman–Crippen MR) is 88.2 cm³/mol. The summed E-state index contributed by atoms with van der Waals surface area (Å²) in [6.45, 7) is 6.63. The molecular weight excluding hydrogens is 244 g/mol. The molecular formula is C18H22N2. The van der Waals surface area contributed by atoms with E-state index in [0.717, 1.165) is 23.5 Å². The van der Waals surface area contributed by atoms with Crippen LogP contribution in [-0.4, -0.2) is 17.5 Å². The molecule has 2 unspecified atom stereocenters. The van der Waals surface area contributed by atoms with Gasteiger partial charge in [-0.25, -0.2) is 4.99 Å². The number of allylic oxidation sites excluding steroid dienone is 4. The van der Waals surface area contributed by atoms with Crippen molar-refractivity contribution >= 4 is 17.1 Å². The first-order chi connectivity index (χ1) is 9.69. The molecule has 0 bridgehead atoms. The Morgan fingerprint density at radius 2 is 1.50 bits per heavy atom. The van der Waals surface area contributed by atoms with Crippen LogP contribution in [0.5, 0.6) is 0 Å². The number of aliphatic imine (C=N–C) groups is 2. The summed E-state index contributed by atoms with van der Waals surface area (Å²) < 4.78 is 0. The quantitative estimate of drug-likeness (QED) is 0.702. The van der Waals surface area contributed by atoms with Crippen LogP contribution in [0.1, 0.15) is 27.2 Å². The molecule has 0 fully saturated rings. The van der Waals surface area contributed by atoms with Crippen molar-refractivity contribution in [2.45, 2.75) is 33.2 Å². The lowest BCUT2D eigenvalue weighted by Gasteiger charge is -2.14. The summed E-state index contributed by atoms with van der Waals surface area (Å²) in [6, 6.07) is 10.4. The molecule has 0 N–H and O–H groups in total. The van der Waals surface area contributed by atoms with Crippen LogP contribution in [0.25, 0.3) is 0 Å². The lowest BCUT2D eigenvalue weighted by atomic mass is 10.0. The summed E-state index contributed by atoms with van der Waals surface area (Å²) in [4.78, 5) is 9.31. The molecule has 0 aromatic heterocycles. The van der Waals surface area contributed by atoms with Crippen molar-refractivity contribution in [2.24, 2.45) is 15.9 Å². The van der Waals surface area contributed by atoms with E-state index in [0.29, 0.717) is 12.0 Å². The Morgan fingerprint density at radius 3 is 2.10 bits per heavy atom. The Labute approximate surface area is 121 Å². The normalized spacial score (nSPS) is 16.9. The second-order valence-electron chi connectivity index (χ2n) is 5.22. The first kappa shape index (κ1) is 14.4. The van der Waals surface area contributed by atoms with Gasteiger partial charge in [0.2, 0.25) is 0 Å². The van der Waals surface area contributed by atoms with Gasteiger partial charge in [-0.2, -0.15) is 0 Å². The molecule has 20 heavy (non-hydrogen) atoms. The van der Waals surface area contributed by atoms with Crippen LogP contribution in [0.15, 0.2) is 64.6 Å². The van der Waals surface area contributed by atoms with Crippen LogP contribution in [-0.2, 0) is 0 Å². The van der Waals surface area contributed by atoms with E-state index in [1.807, 2.05) is 54.6 Å². The molecule has 2 heteroatoms. The molecule has 2 nitrogen and oxygen atoms in total. The highest BCUT2D eigenvalue weighted by atomic mass is 14.8. The number of benzene rings is 1. The summed E-state index contributed by atoms with van der Waals surface area (Å²) in [5.41, 5.74) is 2.97. The van der Waals surface area contributed by atoms with E-state index in [9.17, 15) is 0 Å². The molecule has 2 rings (SSSR count). The minimum absolute atomic E-state index is 0.358. The second kappa shape index (κ2) is 6.99. The van der Waals surface area contributed by atoms with Crippen LogP contribution >= 0.6 is 0 Å². The van der Waals surface area contributed by atoms with E-state index in [1.165, 1.54) is 0 Å². The lowest BCUT2D eigenvalue weighted by Crippen LogP contribution is -2.13. The van der Waals surface area contributed by atoms with Crippen molar-refractivity contribution in [1.29, 1.82) is 0 Å². The van der Waals surface area contributed by atoms with Crippen LogP contribution in [0.3, 0.4) is 0 Å². The van der Waals surface area contributed by atoms with Gasteiger partial charge in [-0.05, 0) is 49.3 Å². The Hall–Kier alpha value is -1.96. The van der Waals surface area contributed by atoms with Gasteiger partial charge in [0.05, 0.1) is 23.2 Å². The topological polar surface area (TPSA) is 24.7 Å². The van der Waals surface area contributed by atoms with Gasteiger partial charge < -0.3 is 0 Å². The molecule has 0 amide bonds. The minimum atomic E-state index is 0.358. The summed E-state index contributed by atoms with van der Waals surface area (Å²) >= 11 is 0. The zero-order valence-corrected chi connectivity index (χ0v) is 12.5. The average molecular weight is 266 g/mol. The van der Waals surface area contributed by atoms with E-state index >= 15 is 0 Å². The Balaban J connectivity index is 2.06. The summed E-state index contributed by atoms with van der Waals surface area (Å²) in [5.74, 6) is 0.615. The van der Waals surface area contributed by atoms with Gasteiger partial charge >= 0.3 is 0 Å². The number of rotatable bonds is 4. The largest absolute Gasteiger partial charge is 0.282 e. The van der Waals surface area contributed by atoms with Crippen molar-refractivity contribution in [3.8, 4) is 0 Å². The number of hydrogen-bond donors (Lipinski definition) is 0. The number of nitrogens with zero attached hydrogens (tertiary/aromatic N) is 2. The molecule has 0 heterocycles. The first-order valence-corrected chi connectivity index (χ1v) is 7.26. The Bertz CT molecular complexity index is 532. The van der Waals surface area contributed by atoms with Crippen LogP contribution in [0.2, 0.25) is 0 Å². The minimum Gasteiger partial charge on any atom is -0.282 e. The Kier molecular flexibility index (Phi) is 5.05. The molecule has 1 aliphatic carbocycles. The highest BCUT2D eigenvalue weighted by Gasteiger charge is 2.09. The SMILES string of the molecule is CCC(C)C(C)N=C1C=CC(=Nc2ccccc2)C=C1. The van der Waals surface area contributed by atoms with Gasteiger partial charge in [0.1, 0.15) is 0 Å². The molecule has 0 radical (unpaired) electrons. The molecule has 1 aromatic rings. The highest BCUT2D eigenvalue weighted by Crippen LogP contribution is 2.14. The van der Waals surface area contributed by atoms with Crippen LogP contribution in [0, 0.1) is 5.92 Å². The zero-order chi connectivity index (χ0) is 14.4. The van der Waals surface area contributed by atoms with Crippen molar-refractivity contribution in [3.05, 3.63) is 54.6 Å². The fourth-order valence-electron chi connectivity index (χ4n) is 1.97. The van der Waals surface area contributed by atoms with Crippen LogP contribution < -0.4 is 0 Å². The lowest BCUT2D eigenvalue weighted by molar-refractivity contribution is 0.472. The Morgan fingerprint density at radius 1 is 0.900 bits per heavy atom. The number of para-hydroxylation sites is 1. The van der Waals surface area contributed by atoms with Crippen molar-refractivity contribution in [3.63, 3.8) is 0 Å². The fourth-order valence-corrected chi connectivity index (χ4v) is 1.97. The standard InChI is InChI=1S/C18H22N2/c1-4-14(2)15(3)19-17-10-12-18(13-11-17)20-16-8-6-5-7-9-16/h5-15H,4H2,1-3H3. The van der Waals surface area contributed by atoms with Crippen molar-refractivity contribution in [1.82, 2.24) is 0 Å². The van der Waals surface area contributed by atoms with Gasteiger partial charge in [0, 0.05) is 0 Å². The molecule has 1 aliphatic rings. The molecule has 0 saturated carbocycles. The van der Waals surface area contributed by atoms with E-state index in [2.05, 4.69) is 25.8 Å². The van der Waals surface area contributed by atoms with Gasteiger partial charge in [0.25, 0.3) is 0 Å². The van der Waals surface area contributed by atoms with Crippen LogP contribution in [0.4, 0.5) is 5.69 Å². The predicted octanol–water partition coefficient (Wildman–Crippen LogP) is 4.76. The fraction of sp³-hybridized carbons (Fsp3) is 0.333. The second-order valence-corrected chi connectivity index (χ2v) is 5.22. The van der Waals surface area contributed by atoms with Gasteiger partial charge in [-0.3, -0.25) is 4.99 Å². The van der Waals surface area contributed by atoms with Gasteiger partial charge in [-0.15, -0.1) is 0 Å². The third-order valence-electron chi connectivity index (χ3n) is 3.68. The maximum absolute atomic E-state index is 4.74. The molecule has 1 aromatic carbocycles. The smallest absolute Gasteiger partial charge is 0.0638 e. The summed E-state index contributed by atoms with van der Waals surface area (Å²) in [5, 5.41) is 0. The number of hydrogen-bond acceptors (Lipinski definition) is 2. The molecule has 2 atom stereocenters. The summed E-state index contributed by atoms with van der Waals surface area (Å²) in [6.07, 6.45) is 9.29.